The molecule has 27 heavy (non-hydrogen) atoms. The summed E-state index contributed by atoms with van der Waals surface area (Å²) >= 11 is 1.08. The predicted octanol–water partition coefficient (Wildman–Crippen LogP) is 3.44. The van der Waals surface area contributed by atoms with Crippen molar-refractivity contribution in [3.05, 3.63) is 62.9 Å². The molecule has 2 heterocycles. The largest absolute Gasteiger partial charge is 0.477 e. The highest BCUT2D eigenvalue weighted by Crippen LogP contribution is 2.24. The van der Waals surface area contributed by atoms with E-state index in [-0.39, 0.29) is 16.8 Å². The van der Waals surface area contributed by atoms with E-state index in [9.17, 15) is 9.59 Å². The van der Waals surface area contributed by atoms with Crippen LogP contribution in [0.15, 0.2) is 30.3 Å². The normalized spacial score (nSPS) is 12.0. The van der Waals surface area contributed by atoms with Crippen molar-refractivity contribution in [2.24, 2.45) is 0 Å². The first-order chi connectivity index (χ1) is 12.8. The van der Waals surface area contributed by atoms with E-state index in [1.165, 1.54) is 0 Å². The predicted molar refractivity (Wildman–Crippen MR) is 103 cm³/mol. The lowest BCUT2D eigenvalue weighted by Crippen LogP contribution is -2.26. The molecule has 1 unspecified atom stereocenters. The lowest BCUT2D eigenvalue weighted by atomic mass is 10.2. The fraction of sp³-hybridized carbons (Fsp3) is 0.263. The van der Waals surface area contributed by atoms with E-state index >= 15 is 0 Å². The van der Waals surface area contributed by atoms with Gasteiger partial charge in [0.15, 0.2) is 0 Å². The van der Waals surface area contributed by atoms with Gasteiger partial charge in [0.1, 0.15) is 9.88 Å². The summed E-state index contributed by atoms with van der Waals surface area (Å²) in [5, 5.41) is 17.0. The number of nitrogens with one attached hydrogen (secondary N) is 1. The van der Waals surface area contributed by atoms with Crippen LogP contribution >= 0.6 is 11.3 Å². The number of amides is 1. The van der Waals surface area contributed by atoms with Crippen LogP contribution in [0.4, 0.5) is 0 Å². The van der Waals surface area contributed by atoms with Crippen LogP contribution in [0.2, 0.25) is 0 Å². The molecule has 3 rings (SSSR count). The molecule has 0 aliphatic carbocycles. The third-order valence-corrected chi connectivity index (χ3v) is 5.44. The van der Waals surface area contributed by atoms with Crippen molar-refractivity contribution in [1.29, 1.82) is 0 Å². The van der Waals surface area contributed by atoms with Gasteiger partial charge in [0.25, 0.3) is 5.91 Å². The molecule has 1 aromatic carbocycles. The zero-order valence-corrected chi connectivity index (χ0v) is 16.3. The maximum atomic E-state index is 12.5. The molecule has 0 aliphatic rings. The minimum absolute atomic E-state index is 0.195. The van der Waals surface area contributed by atoms with Crippen LogP contribution in [0.3, 0.4) is 0 Å². The van der Waals surface area contributed by atoms with Crippen LogP contribution < -0.4 is 5.32 Å². The Kier molecular flexibility index (Phi) is 5.09. The van der Waals surface area contributed by atoms with Gasteiger partial charge in [-0.25, -0.2) is 14.5 Å². The van der Waals surface area contributed by atoms with E-state index in [0.29, 0.717) is 16.3 Å². The maximum Gasteiger partial charge on any atom is 0.347 e. The quantitative estimate of drug-likeness (QED) is 0.702. The van der Waals surface area contributed by atoms with Gasteiger partial charge in [0.2, 0.25) is 0 Å². The van der Waals surface area contributed by atoms with Crippen molar-refractivity contribution in [2.75, 3.05) is 0 Å². The summed E-state index contributed by atoms with van der Waals surface area (Å²) in [5.74, 6) is -1.25. The smallest absolute Gasteiger partial charge is 0.347 e. The van der Waals surface area contributed by atoms with Gasteiger partial charge < -0.3 is 10.4 Å². The summed E-state index contributed by atoms with van der Waals surface area (Å²) in [5.41, 5.74) is 3.80. The van der Waals surface area contributed by atoms with Crippen LogP contribution in [0, 0.1) is 20.8 Å². The van der Waals surface area contributed by atoms with Crippen LogP contribution in [-0.4, -0.2) is 31.7 Å². The first-order valence-corrected chi connectivity index (χ1v) is 9.23. The Morgan fingerprint density at radius 1 is 1.19 bits per heavy atom. The molecular formula is C19H20N4O3S. The lowest BCUT2D eigenvalue weighted by Gasteiger charge is -2.12. The second-order valence-corrected chi connectivity index (χ2v) is 7.38. The molecule has 2 N–H and O–H groups in total. The zero-order valence-electron chi connectivity index (χ0n) is 15.5. The Bertz CT molecular complexity index is 1000. The number of carboxylic acids is 1. The minimum atomic E-state index is -1.01. The molecule has 0 fully saturated rings. The summed E-state index contributed by atoms with van der Waals surface area (Å²) in [7, 11) is 0. The number of aromatic nitrogens is 3. The van der Waals surface area contributed by atoms with Gasteiger partial charge in [-0.3, -0.25) is 4.79 Å². The second kappa shape index (κ2) is 7.32. The monoisotopic (exact) mass is 384 g/mol. The molecule has 2 aromatic heterocycles. The third-order valence-electron chi connectivity index (χ3n) is 4.11. The Balaban J connectivity index is 1.73. The molecule has 8 heteroatoms. The van der Waals surface area contributed by atoms with E-state index in [1.54, 1.807) is 26.0 Å². The molecule has 7 nitrogen and oxygen atoms in total. The summed E-state index contributed by atoms with van der Waals surface area (Å²) in [6, 6.07) is 8.77. The van der Waals surface area contributed by atoms with Crippen LogP contribution in [0.5, 0.6) is 0 Å². The highest BCUT2D eigenvalue weighted by atomic mass is 32.1. The first kappa shape index (κ1) is 18.8. The van der Waals surface area contributed by atoms with Crippen molar-refractivity contribution in [3.8, 4) is 5.69 Å². The molecule has 0 bridgehead atoms. The van der Waals surface area contributed by atoms with Gasteiger partial charge in [-0.2, -0.15) is 5.10 Å². The first-order valence-electron chi connectivity index (χ1n) is 8.41. The average Bonchev–Trinajstić information content (AvgIpc) is 3.17. The van der Waals surface area contributed by atoms with Crippen LogP contribution in [0.25, 0.3) is 5.69 Å². The lowest BCUT2D eigenvalue weighted by molar-refractivity contribution is 0.0701. The molecule has 140 valence electrons. The van der Waals surface area contributed by atoms with Crippen molar-refractivity contribution in [1.82, 2.24) is 20.1 Å². The van der Waals surface area contributed by atoms with Crippen LogP contribution in [0.1, 0.15) is 55.1 Å². The van der Waals surface area contributed by atoms with Gasteiger partial charge in [-0.05, 0) is 58.0 Å². The van der Waals surface area contributed by atoms with E-state index in [1.807, 2.05) is 36.7 Å². The molecule has 0 aliphatic heterocycles. The minimum Gasteiger partial charge on any atom is -0.477 e. The van der Waals surface area contributed by atoms with E-state index in [4.69, 9.17) is 5.11 Å². The van der Waals surface area contributed by atoms with Crippen molar-refractivity contribution in [2.45, 2.75) is 33.7 Å². The van der Waals surface area contributed by atoms with E-state index in [0.717, 1.165) is 28.4 Å². The Morgan fingerprint density at radius 3 is 2.37 bits per heavy atom. The summed E-state index contributed by atoms with van der Waals surface area (Å²) in [6.07, 6.45) is 0. The van der Waals surface area contributed by atoms with Gasteiger partial charge in [0.05, 0.1) is 23.1 Å². The number of carboxylic acid groups (broad SMARTS) is 1. The number of benzene rings is 1. The fourth-order valence-corrected chi connectivity index (χ4v) is 3.70. The molecular weight excluding hydrogens is 364 g/mol. The number of thiazole rings is 1. The second-order valence-electron chi connectivity index (χ2n) is 6.35. The Hall–Kier alpha value is -3.00. The standard InChI is InChI=1S/C19H20N4O3S/c1-10-9-11(2)23(22-10)15-7-5-14(6-8-15)17(24)20-13(4)18-21-12(3)16(27-18)19(25)26/h5-9,13H,1-4H3,(H,20,24)(H,25,26). The molecule has 3 aromatic rings. The summed E-state index contributed by atoms with van der Waals surface area (Å²) in [6.45, 7) is 7.34. The third kappa shape index (κ3) is 3.90. The zero-order chi connectivity index (χ0) is 19.7. The number of aryl methyl sites for hydroxylation is 3. The van der Waals surface area contributed by atoms with Gasteiger partial charge in [-0.15, -0.1) is 11.3 Å². The van der Waals surface area contributed by atoms with Gasteiger partial charge >= 0.3 is 5.97 Å². The van der Waals surface area contributed by atoms with Crippen molar-refractivity contribution >= 4 is 23.2 Å². The summed E-state index contributed by atoms with van der Waals surface area (Å²) in [4.78, 5) is 28.1. The molecule has 0 spiro atoms. The molecule has 0 saturated heterocycles. The summed E-state index contributed by atoms with van der Waals surface area (Å²) < 4.78 is 1.82. The highest BCUT2D eigenvalue weighted by Gasteiger charge is 2.19. The fourth-order valence-electron chi connectivity index (χ4n) is 2.79. The molecule has 0 saturated carbocycles. The number of carbonyl (C=O) groups is 2. The maximum absolute atomic E-state index is 12.5. The van der Waals surface area contributed by atoms with E-state index < -0.39 is 5.97 Å². The SMILES string of the molecule is Cc1cc(C)n(-c2ccc(C(=O)NC(C)c3nc(C)c(C(=O)O)s3)cc2)n1. The van der Waals surface area contributed by atoms with Crippen molar-refractivity contribution in [3.63, 3.8) is 0 Å². The Labute approximate surface area is 160 Å². The average molecular weight is 384 g/mol. The number of carbonyl (C=O) groups excluding carboxylic acids is 1. The van der Waals surface area contributed by atoms with E-state index in [2.05, 4.69) is 15.4 Å². The number of rotatable bonds is 5. The van der Waals surface area contributed by atoms with Gasteiger partial charge in [-0.1, -0.05) is 0 Å². The molecule has 1 atom stereocenters. The number of aromatic carboxylic acids is 1. The number of hydrogen-bond donors (Lipinski definition) is 2. The number of hydrogen-bond acceptors (Lipinski definition) is 5. The molecule has 0 radical (unpaired) electrons. The highest BCUT2D eigenvalue weighted by molar-refractivity contribution is 7.13. The van der Waals surface area contributed by atoms with Crippen LogP contribution in [-0.2, 0) is 0 Å². The van der Waals surface area contributed by atoms with Crippen molar-refractivity contribution < 1.29 is 14.7 Å². The van der Waals surface area contributed by atoms with Gasteiger partial charge in [0, 0.05) is 11.3 Å². The topological polar surface area (TPSA) is 97.1 Å². The molecule has 1 amide bonds. The Morgan fingerprint density at radius 2 is 1.85 bits per heavy atom. The number of nitrogens with zero attached hydrogens (tertiary/aromatic N) is 3.